The molecule has 0 saturated carbocycles. The number of hydrogen-bond donors (Lipinski definition) is 0. The van der Waals surface area contributed by atoms with Gasteiger partial charge in [0.05, 0.1) is 11.4 Å². The average molecular weight is 241 g/mol. The molecule has 94 valence electrons. The smallest absolute Gasteiger partial charge is 0.0544 e. The zero-order valence-corrected chi connectivity index (χ0v) is 11.0. The van der Waals surface area contributed by atoms with E-state index in [1.807, 2.05) is 36.7 Å². The van der Waals surface area contributed by atoms with Gasteiger partial charge in [0.1, 0.15) is 0 Å². The van der Waals surface area contributed by atoms with Crippen LogP contribution in [0.5, 0.6) is 0 Å². The van der Waals surface area contributed by atoms with E-state index in [2.05, 4.69) is 40.8 Å². The molecule has 0 bridgehead atoms. The highest BCUT2D eigenvalue weighted by atomic mass is 15.2. The Balaban J connectivity index is 2.05. The normalized spacial score (nSPS) is 11.1. The average Bonchev–Trinajstić information content (AvgIpc) is 2.40. The molecule has 2 rings (SSSR count). The summed E-state index contributed by atoms with van der Waals surface area (Å²) in [4.78, 5) is 11.1. The summed E-state index contributed by atoms with van der Waals surface area (Å²) in [6.07, 6.45) is 3.68. The maximum absolute atomic E-state index is 4.38. The molecule has 2 aromatic rings. The Morgan fingerprint density at radius 1 is 0.889 bits per heavy atom. The fourth-order valence-corrected chi connectivity index (χ4v) is 1.82. The molecular weight excluding hydrogens is 222 g/mol. The molecule has 2 heterocycles. The molecular formula is C15H19N3. The first-order valence-electron chi connectivity index (χ1n) is 6.29. The van der Waals surface area contributed by atoms with Crippen LogP contribution in [0.4, 0.5) is 0 Å². The minimum absolute atomic E-state index is 0.467. The second-order valence-corrected chi connectivity index (χ2v) is 4.64. The van der Waals surface area contributed by atoms with Crippen LogP contribution in [0.15, 0.2) is 48.8 Å². The van der Waals surface area contributed by atoms with Gasteiger partial charge in [-0.3, -0.25) is 14.9 Å². The molecule has 0 N–H and O–H groups in total. The number of aromatic nitrogens is 2. The van der Waals surface area contributed by atoms with Crippen molar-refractivity contribution in [3.05, 3.63) is 60.2 Å². The standard InChI is InChI=1S/C15H19N3/c1-13(2)18(11-14-7-3-5-9-16-14)12-15-8-4-6-10-17-15/h3-10,13H,11-12H2,1-2H3. The predicted molar refractivity (Wildman–Crippen MR) is 72.9 cm³/mol. The van der Waals surface area contributed by atoms with Crippen LogP contribution in [-0.4, -0.2) is 20.9 Å². The molecule has 0 spiro atoms. The molecule has 0 saturated heterocycles. The van der Waals surface area contributed by atoms with Crippen molar-refractivity contribution in [1.29, 1.82) is 0 Å². The highest BCUT2D eigenvalue weighted by Crippen LogP contribution is 2.10. The van der Waals surface area contributed by atoms with Gasteiger partial charge in [0.25, 0.3) is 0 Å². The van der Waals surface area contributed by atoms with Crippen LogP contribution in [0.2, 0.25) is 0 Å². The van der Waals surface area contributed by atoms with Crippen molar-refractivity contribution in [3.63, 3.8) is 0 Å². The Kier molecular flexibility index (Phi) is 4.42. The highest BCUT2D eigenvalue weighted by molar-refractivity contribution is 5.06. The Morgan fingerprint density at radius 2 is 1.39 bits per heavy atom. The van der Waals surface area contributed by atoms with E-state index in [1.165, 1.54) is 0 Å². The largest absolute Gasteiger partial charge is 0.289 e. The minimum atomic E-state index is 0.467. The van der Waals surface area contributed by atoms with Crippen LogP contribution in [0.3, 0.4) is 0 Å². The Morgan fingerprint density at radius 3 is 1.72 bits per heavy atom. The van der Waals surface area contributed by atoms with Gasteiger partial charge in [-0.2, -0.15) is 0 Å². The summed E-state index contributed by atoms with van der Waals surface area (Å²) in [5, 5.41) is 0. The Labute approximate surface area is 109 Å². The maximum Gasteiger partial charge on any atom is 0.0544 e. The molecule has 0 unspecified atom stereocenters. The summed E-state index contributed by atoms with van der Waals surface area (Å²) in [6, 6.07) is 12.5. The van der Waals surface area contributed by atoms with E-state index in [-0.39, 0.29) is 0 Å². The number of nitrogens with zero attached hydrogens (tertiary/aromatic N) is 3. The van der Waals surface area contributed by atoms with E-state index in [1.54, 1.807) is 0 Å². The third-order valence-electron chi connectivity index (χ3n) is 2.91. The van der Waals surface area contributed by atoms with E-state index in [0.29, 0.717) is 6.04 Å². The van der Waals surface area contributed by atoms with Gasteiger partial charge in [-0.1, -0.05) is 12.1 Å². The molecule has 0 radical (unpaired) electrons. The van der Waals surface area contributed by atoms with E-state index in [0.717, 1.165) is 24.5 Å². The van der Waals surface area contributed by atoms with Crippen molar-refractivity contribution < 1.29 is 0 Å². The van der Waals surface area contributed by atoms with Crippen molar-refractivity contribution in [2.45, 2.75) is 33.0 Å². The fraction of sp³-hybridized carbons (Fsp3) is 0.333. The number of hydrogen-bond acceptors (Lipinski definition) is 3. The van der Waals surface area contributed by atoms with Crippen LogP contribution in [0.25, 0.3) is 0 Å². The van der Waals surface area contributed by atoms with Gasteiger partial charge in [-0.25, -0.2) is 0 Å². The van der Waals surface area contributed by atoms with Crippen LogP contribution in [0, 0.1) is 0 Å². The molecule has 18 heavy (non-hydrogen) atoms. The topological polar surface area (TPSA) is 29.0 Å². The van der Waals surface area contributed by atoms with Gasteiger partial charge in [-0.05, 0) is 38.1 Å². The van der Waals surface area contributed by atoms with Crippen LogP contribution in [0.1, 0.15) is 25.2 Å². The van der Waals surface area contributed by atoms with E-state index in [9.17, 15) is 0 Å². The van der Waals surface area contributed by atoms with Crippen molar-refractivity contribution in [3.8, 4) is 0 Å². The van der Waals surface area contributed by atoms with E-state index >= 15 is 0 Å². The first-order chi connectivity index (χ1) is 8.75. The lowest BCUT2D eigenvalue weighted by molar-refractivity contribution is 0.199. The molecule has 2 aromatic heterocycles. The zero-order chi connectivity index (χ0) is 12.8. The maximum atomic E-state index is 4.38. The van der Waals surface area contributed by atoms with Crippen molar-refractivity contribution in [1.82, 2.24) is 14.9 Å². The second-order valence-electron chi connectivity index (χ2n) is 4.64. The number of rotatable bonds is 5. The Hall–Kier alpha value is -1.74. The minimum Gasteiger partial charge on any atom is -0.289 e. The quantitative estimate of drug-likeness (QED) is 0.806. The molecule has 0 atom stereocenters. The summed E-state index contributed by atoms with van der Waals surface area (Å²) >= 11 is 0. The monoisotopic (exact) mass is 241 g/mol. The lowest BCUT2D eigenvalue weighted by Crippen LogP contribution is -2.30. The summed E-state index contributed by atoms with van der Waals surface area (Å²) in [6.45, 7) is 6.11. The number of pyridine rings is 2. The lowest BCUT2D eigenvalue weighted by Gasteiger charge is -2.25. The second kappa shape index (κ2) is 6.26. The lowest BCUT2D eigenvalue weighted by atomic mass is 10.2. The molecule has 0 amide bonds. The third kappa shape index (κ3) is 3.64. The van der Waals surface area contributed by atoms with Crippen molar-refractivity contribution >= 4 is 0 Å². The van der Waals surface area contributed by atoms with Gasteiger partial charge >= 0.3 is 0 Å². The SMILES string of the molecule is CC(C)N(Cc1ccccn1)Cc1ccccn1. The van der Waals surface area contributed by atoms with Crippen molar-refractivity contribution in [2.24, 2.45) is 0 Å². The fourth-order valence-electron chi connectivity index (χ4n) is 1.82. The molecule has 0 aliphatic heterocycles. The van der Waals surface area contributed by atoms with Crippen molar-refractivity contribution in [2.75, 3.05) is 0 Å². The molecule has 0 aliphatic rings. The third-order valence-corrected chi connectivity index (χ3v) is 2.91. The van der Waals surface area contributed by atoms with Gasteiger partial charge in [0, 0.05) is 31.5 Å². The van der Waals surface area contributed by atoms with E-state index in [4.69, 9.17) is 0 Å². The van der Waals surface area contributed by atoms with Gasteiger partial charge in [-0.15, -0.1) is 0 Å². The first kappa shape index (κ1) is 12.7. The first-order valence-corrected chi connectivity index (χ1v) is 6.29. The van der Waals surface area contributed by atoms with Crippen LogP contribution in [-0.2, 0) is 13.1 Å². The molecule has 3 heteroatoms. The highest BCUT2D eigenvalue weighted by Gasteiger charge is 2.11. The van der Waals surface area contributed by atoms with Gasteiger partial charge in [0.2, 0.25) is 0 Å². The predicted octanol–water partition coefficient (Wildman–Crippen LogP) is 2.89. The van der Waals surface area contributed by atoms with Gasteiger partial charge < -0.3 is 0 Å². The zero-order valence-electron chi connectivity index (χ0n) is 11.0. The summed E-state index contributed by atoms with van der Waals surface area (Å²) in [5.74, 6) is 0. The van der Waals surface area contributed by atoms with E-state index < -0.39 is 0 Å². The molecule has 0 aromatic carbocycles. The molecule has 3 nitrogen and oxygen atoms in total. The summed E-state index contributed by atoms with van der Waals surface area (Å²) in [7, 11) is 0. The van der Waals surface area contributed by atoms with Crippen LogP contribution >= 0.6 is 0 Å². The summed E-state index contributed by atoms with van der Waals surface area (Å²) < 4.78 is 0. The molecule has 0 fully saturated rings. The Bertz CT molecular complexity index is 412. The summed E-state index contributed by atoms with van der Waals surface area (Å²) in [5.41, 5.74) is 2.20. The van der Waals surface area contributed by atoms with Gasteiger partial charge in [0.15, 0.2) is 0 Å². The molecule has 0 aliphatic carbocycles. The van der Waals surface area contributed by atoms with Crippen LogP contribution < -0.4 is 0 Å².